The maximum atomic E-state index is 13.7. The summed E-state index contributed by atoms with van der Waals surface area (Å²) < 4.78 is 19.0. The van der Waals surface area contributed by atoms with Gasteiger partial charge in [0.1, 0.15) is 11.8 Å². The highest BCUT2D eigenvalue weighted by Gasteiger charge is 2.13. The second-order valence-electron chi connectivity index (χ2n) is 4.09. The lowest BCUT2D eigenvalue weighted by molar-refractivity contribution is -0.385. The first kappa shape index (κ1) is 13.5. The first-order valence-electron chi connectivity index (χ1n) is 5.64. The smallest absolute Gasteiger partial charge is 0.272 e. The molecule has 0 saturated heterocycles. The van der Waals surface area contributed by atoms with Crippen molar-refractivity contribution >= 4 is 5.69 Å². The average molecular weight is 272 g/mol. The average Bonchev–Trinajstić information content (AvgIpc) is 2.42. The molecule has 0 aliphatic carbocycles. The van der Waals surface area contributed by atoms with Crippen molar-refractivity contribution in [3.8, 4) is 17.6 Å². The maximum absolute atomic E-state index is 13.7. The van der Waals surface area contributed by atoms with Crippen LogP contribution < -0.4 is 4.74 Å². The SMILES string of the molecule is Cc1ccc(Oc2ccc([N+](=O)[O-])cc2F)c(C#N)c1. The van der Waals surface area contributed by atoms with Gasteiger partial charge in [-0.2, -0.15) is 5.26 Å². The molecule has 0 N–H and O–H groups in total. The Morgan fingerprint density at radius 3 is 2.55 bits per heavy atom. The van der Waals surface area contributed by atoms with E-state index in [-0.39, 0.29) is 22.7 Å². The fraction of sp³-hybridized carbons (Fsp3) is 0.0714. The Bertz CT molecular complexity index is 723. The monoisotopic (exact) mass is 272 g/mol. The van der Waals surface area contributed by atoms with E-state index < -0.39 is 10.7 Å². The van der Waals surface area contributed by atoms with Crippen LogP contribution in [0.2, 0.25) is 0 Å². The van der Waals surface area contributed by atoms with Crippen LogP contribution in [0.5, 0.6) is 11.5 Å². The number of rotatable bonds is 3. The van der Waals surface area contributed by atoms with Crippen molar-refractivity contribution in [3.63, 3.8) is 0 Å². The van der Waals surface area contributed by atoms with Crippen molar-refractivity contribution < 1.29 is 14.1 Å². The first-order chi connectivity index (χ1) is 9.51. The summed E-state index contributed by atoms with van der Waals surface area (Å²) in [5, 5.41) is 19.5. The van der Waals surface area contributed by atoms with Gasteiger partial charge in [0.05, 0.1) is 16.6 Å². The van der Waals surface area contributed by atoms with Crippen LogP contribution in [0.4, 0.5) is 10.1 Å². The molecule has 0 bridgehead atoms. The molecular formula is C14H9FN2O3. The van der Waals surface area contributed by atoms with Gasteiger partial charge in [-0.3, -0.25) is 10.1 Å². The minimum absolute atomic E-state index is 0.170. The van der Waals surface area contributed by atoms with Crippen LogP contribution in [0.15, 0.2) is 36.4 Å². The molecule has 2 rings (SSSR count). The van der Waals surface area contributed by atoms with E-state index in [0.717, 1.165) is 23.8 Å². The molecule has 0 spiro atoms. The Labute approximate surface area is 114 Å². The Kier molecular flexibility index (Phi) is 3.62. The third kappa shape index (κ3) is 2.72. The highest BCUT2D eigenvalue weighted by atomic mass is 19.1. The molecule has 2 aromatic rings. The van der Waals surface area contributed by atoms with Gasteiger partial charge in [-0.1, -0.05) is 6.07 Å². The second kappa shape index (κ2) is 5.36. The van der Waals surface area contributed by atoms with Gasteiger partial charge >= 0.3 is 0 Å². The van der Waals surface area contributed by atoms with Gasteiger partial charge in [-0.25, -0.2) is 4.39 Å². The highest BCUT2D eigenvalue weighted by molar-refractivity contribution is 5.48. The van der Waals surface area contributed by atoms with Crippen LogP contribution in [0, 0.1) is 34.2 Å². The zero-order valence-corrected chi connectivity index (χ0v) is 10.5. The number of ether oxygens (including phenoxy) is 1. The lowest BCUT2D eigenvalue weighted by Gasteiger charge is -2.08. The third-order valence-corrected chi connectivity index (χ3v) is 2.60. The minimum atomic E-state index is -0.858. The Balaban J connectivity index is 2.36. The minimum Gasteiger partial charge on any atom is -0.453 e. The molecule has 0 unspecified atom stereocenters. The summed E-state index contributed by atoms with van der Waals surface area (Å²) in [5.74, 6) is -0.828. The molecule has 0 amide bonds. The number of nitrogens with zero attached hydrogens (tertiary/aromatic N) is 2. The lowest BCUT2D eigenvalue weighted by atomic mass is 10.1. The van der Waals surface area contributed by atoms with Crippen molar-refractivity contribution in [2.24, 2.45) is 0 Å². The van der Waals surface area contributed by atoms with Crippen molar-refractivity contribution in [1.82, 2.24) is 0 Å². The fourth-order valence-corrected chi connectivity index (χ4v) is 1.62. The van der Waals surface area contributed by atoms with Crippen LogP contribution in [-0.2, 0) is 0 Å². The van der Waals surface area contributed by atoms with Gasteiger partial charge in [0.2, 0.25) is 0 Å². The predicted molar refractivity (Wildman–Crippen MR) is 69.0 cm³/mol. The predicted octanol–water partition coefficient (Wildman–Crippen LogP) is 3.71. The molecule has 0 fully saturated rings. The first-order valence-corrected chi connectivity index (χ1v) is 5.64. The van der Waals surface area contributed by atoms with Gasteiger partial charge in [-0.05, 0) is 30.7 Å². The quantitative estimate of drug-likeness (QED) is 0.630. The summed E-state index contributed by atoms with van der Waals surface area (Å²) in [7, 11) is 0. The van der Waals surface area contributed by atoms with Gasteiger partial charge in [0.25, 0.3) is 5.69 Å². The summed E-state index contributed by atoms with van der Waals surface area (Å²) in [5.41, 5.74) is 0.778. The van der Waals surface area contributed by atoms with E-state index in [4.69, 9.17) is 10.00 Å². The van der Waals surface area contributed by atoms with E-state index in [1.807, 2.05) is 13.0 Å². The second-order valence-corrected chi connectivity index (χ2v) is 4.09. The summed E-state index contributed by atoms with van der Waals surface area (Å²) in [4.78, 5) is 9.82. The van der Waals surface area contributed by atoms with Gasteiger partial charge in [-0.15, -0.1) is 0 Å². The number of benzene rings is 2. The van der Waals surface area contributed by atoms with Crippen LogP contribution in [0.1, 0.15) is 11.1 Å². The van der Waals surface area contributed by atoms with Gasteiger partial charge in [0, 0.05) is 6.07 Å². The summed E-state index contributed by atoms with van der Waals surface area (Å²) in [6.07, 6.45) is 0. The van der Waals surface area contributed by atoms with Crippen LogP contribution in [-0.4, -0.2) is 4.92 Å². The molecule has 0 heterocycles. The topological polar surface area (TPSA) is 76.2 Å². The van der Waals surface area contributed by atoms with Crippen molar-refractivity contribution in [1.29, 1.82) is 5.26 Å². The molecule has 6 heteroatoms. The van der Waals surface area contributed by atoms with E-state index in [9.17, 15) is 14.5 Å². The number of nitro benzene ring substituents is 1. The van der Waals surface area contributed by atoms with E-state index >= 15 is 0 Å². The molecule has 0 atom stereocenters. The van der Waals surface area contributed by atoms with Crippen molar-refractivity contribution in [2.45, 2.75) is 6.92 Å². The zero-order chi connectivity index (χ0) is 14.7. The molecule has 2 aromatic carbocycles. The maximum Gasteiger partial charge on any atom is 0.272 e. The molecule has 100 valence electrons. The lowest BCUT2D eigenvalue weighted by Crippen LogP contribution is -1.94. The molecule has 0 aromatic heterocycles. The largest absolute Gasteiger partial charge is 0.453 e. The van der Waals surface area contributed by atoms with E-state index in [1.54, 1.807) is 18.2 Å². The number of hydrogen-bond acceptors (Lipinski definition) is 4. The number of hydrogen-bond donors (Lipinski definition) is 0. The van der Waals surface area contributed by atoms with E-state index in [1.165, 1.54) is 0 Å². The zero-order valence-electron chi connectivity index (χ0n) is 10.5. The Morgan fingerprint density at radius 2 is 1.95 bits per heavy atom. The third-order valence-electron chi connectivity index (χ3n) is 2.60. The molecule has 0 aliphatic heterocycles. The van der Waals surface area contributed by atoms with Crippen LogP contribution >= 0.6 is 0 Å². The normalized spacial score (nSPS) is 9.85. The molecule has 20 heavy (non-hydrogen) atoms. The number of non-ortho nitro benzene ring substituents is 1. The van der Waals surface area contributed by atoms with Gasteiger partial charge in [0.15, 0.2) is 11.6 Å². The fourth-order valence-electron chi connectivity index (χ4n) is 1.62. The number of halogens is 1. The van der Waals surface area contributed by atoms with Crippen LogP contribution in [0.3, 0.4) is 0 Å². The van der Waals surface area contributed by atoms with Crippen LogP contribution in [0.25, 0.3) is 0 Å². The summed E-state index contributed by atoms with van der Waals surface area (Å²) in [6.45, 7) is 1.82. The van der Waals surface area contributed by atoms with Gasteiger partial charge < -0.3 is 4.74 Å². The Morgan fingerprint density at radius 1 is 1.25 bits per heavy atom. The van der Waals surface area contributed by atoms with E-state index in [2.05, 4.69) is 0 Å². The molecule has 0 radical (unpaired) electrons. The molecule has 5 nitrogen and oxygen atoms in total. The summed E-state index contributed by atoms with van der Waals surface area (Å²) in [6, 6.07) is 9.90. The number of nitriles is 1. The molecular weight excluding hydrogens is 263 g/mol. The molecule has 0 saturated carbocycles. The van der Waals surface area contributed by atoms with E-state index in [0.29, 0.717) is 0 Å². The van der Waals surface area contributed by atoms with Crippen molar-refractivity contribution in [3.05, 3.63) is 63.5 Å². The standard InChI is InChI=1S/C14H9FN2O3/c1-9-2-4-13(10(6-9)8-16)20-14-5-3-11(17(18)19)7-12(14)15/h2-7H,1H3. The molecule has 0 aliphatic rings. The highest BCUT2D eigenvalue weighted by Crippen LogP contribution is 2.29. The number of nitro groups is 1. The van der Waals surface area contributed by atoms with Crippen molar-refractivity contribution in [2.75, 3.05) is 0 Å². The number of aryl methyl sites for hydroxylation is 1. The summed E-state index contributed by atoms with van der Waals surface area (Å²) >= 11 is 0. The Hall–Kier alpha value is -2.94.